The van der Waals surface area contributed by atoms with Gasteiger partial charge in [-0.2, -0.15) is 5.26 Å². The molecule has 0 saturated heterocycles. The largest absolute Gasteiger partial charge is 0.481 e. The van der Waals surface area contributed by atoms with E-state index in [1.165, 1.54) is 22.6 Å². The number of anilines is 1. The molecule has 0 spiro atoms. The van der Waals surface area contributed by atoms with E-state index in [4.69, 9.17) is 0 Å². The van der Waals surface area contributed by atoms with E-state index >= 15 is 0 Å². The van der Waals surface area contributed by atoms with Crippen LogP contribution in [0.4, 0.5) is 5.00 Å². The van der Waals surface area contributed by atoms with Crippen LogP contribution in [0.5, 0.6) is 0 Å². The summed E-state index contributed by atoms with van der Waals surface area (Å²) in [6.07, 6.45) is 9.66. The number of carboxylic acids is 1. The maximum Gasteiger partial charge on any atom is 0.307 e. The van der Waals surface area contributed by atoms with Gasteiger partial charge in [-0.05, 0) is 44.1 Å². The number of carbonyl (C=O) groups excluding carboxylic acids is 1. The first-order chi connectivity index (χ1) is 11.6. The molecule has 0 fully saturated rings. The van der Waals surface area contributed by atoms with Crippen molar-refractivity contribution >= 4 is 28.2 Å². The van der Waals surface area contributed by atoms with Gasteiger partial charge in [-0.1, -0.05) is 18.6 Å². The normalized spacial score (nSPS) is 23.0. The Hall–Kier alpha value is -2.13. The number of rotatable bonds is 3. The van der Waals surface area contributed by atoms with Crippen molar-refractivity contribution in [3.63, 3.8) is 0 Å². The SMILES string of the molecule is N#Cc1c(NC(=O)[C@@H]2CC=CC[C@@H]2C(=O)O)sc2c1CCCCC2. The first-order valence-corrected chi connectivity index (χ1v) is 9.16. The van der Waals surface area contributed by atoms with Crippen LogP contribution < -0.4 is 5.32 Å². The zero-order valence-corrected chi connectivity index (χ0v) is 14.2. The molecule has 1 aromatic rings. The lowest BCUT2D eigenvalue weighted by Crippen LogP contribution is -2.34. The summed E-state index contributed by atoms with van der Waals surface area (Å²) in [7, 11) is 0. The number of hydrogen-bond acceptors (Lipinski definition) is 4. The molecule has 24 heavy (non-hydrogen) atoms. The first kappa shape index (κ1) is 16.7. The fourth-order valence-corrected chi connectivity index (χ4v) is 4.77. The van der Waals surface area contributed by atoms with Gasteiger partial charge in [0.25, 0.3) is 0 Å². The van der Waals surface area contributed by atoms with E-state index in [0.717, 1.165) is 31.2 Å². The minimum atomic E-state index is -0.943. The predicted molar refractivity (Wildman–Crippen MR) is 91.9 cm³/mol. The number of amides is 1. The molecular weight excluding hydrogens is 324 g/mol. The maximum atomic E-state index is 12.6. The summed E-state index contributed by atoms with van der Waals surface area (Å²) in [6.45, 7) is 0. The molecule has 3 rings (SSSR count). The highest BCUT2D eigenvalue weighted by atomic mass is 32.1. The lowest BCUT2D eigenvalue weighted by Gasteiger charge is -2.23. The Labute approximate surface area is 145 Å². The third-order valence-electron chi connectivity index (χ3n) is 4.86. The van der Waals surface area contributed by atoms with Crippen LogP contribution in [0.3, 0.4) is 0 Å². The van der Waals surface area contributed by atoms with Gasteiger partial charge in [0.2, 0.25) is 5.91 Å². The molecule has 0 saturated carbocycles. The first-order valence-electron chi connectivity index (χ1n) is 8.35. The topological polar surface area (TPSA) is 90.2 Å². The summed E-state index contributed by atoms with van der Waals surface area (Å²) in [4.78, 5) is 25.2. The number of carboxylic acid groups (broad SMARTS) is 1. The van der Waals surface area contributed by atoms with E-state index < -0.39 is 17.8 Å². The van der Waals surface area contributed by atoms with Crippen LogP contribution in [0.25, 0.3) is 0 Å². The Kier molecular flexibility index (Phi) is 5.00. The average Bonchev–Trinajstić information content (AvgIpc) is 2.74. The second-order valence-electron chi connectivity index (χ2n) is 6.36. The van der Waals surface area contributed by atoms with Crippen molar-refractivity contribution in [2.45, 2.75) is 44.9 Å². The van der Waals surface area contributed by atoms with Crippen molar-refractivity contribution < 1.29 is 14.7 Å². The van der Waals surface area contributed by atoms with Crippen molar-refractivity contribution in [3.05, 3.63) is 28.2 Å². The average molecular weight is 344 g/mol. The van der Waals surface area contributed by atoms with Crippen LogP contribution in [0.2, 0.25) is 0 Å². The molecule has 6 heteroatoms. The number of aliphatic carboxylic acids is 1. The fourth-order valence-electron chi connectivity index (χ4n) is 3.53. The van der Waals surface area contributed by atoms with Crippen molar-refractivity contribution in [2.75, 3.05) is 5.32 Å². The number of aryl methyl sites for hydroxylation is 1. The molecule has 126 valence electrons. The molecule has 2 aliphatic carbocycles. The van der Waals surface area contributed by atoms with Crippen molar-refractivity contribution in [1.82, 2.24) is 0 Å². The van der Waals surface area contributed by atoms with Crippen LogP contribution >= 0.6 is 11.3 Å². The monoisotopic (exact) mass is 344 g/mol. The number of fused-ring (bicyclic) bond motifs is 1. The Bertz CT molecular complexity index is 729. The van der Waals surface area contributed by atoms with Gasteiger partial charge in [0.15, 0.2) is 0 Å². The van der Waals surface area contributed by atoms with Gasteiger partial charge in [-0.15, -0.1) is 11.3 Å². The van der Waals surface area contributed by atoms with E-state index in [9.17, 15) is 20.0 Å². The molecule has 0 aromatic carbocycles. The highest BCUT2D eigenvalue weighted by Crippen LogP contribution is 2.38. The second-order valence-corrected chi connectivity index (χ2v) is 7.47. The number of allylic oxidation sites excluding steroid dienone is 2. The number of nitriles is 1. The van der Waals surface area contributed by atoms with Crippen LogP contribution in [0, 0.1) is 23.2 Å². The lowest BCUT2D eigenvalue weighted by molar-refractivity contribution is -0.146. The molecule has 1 aromatic heterocycles. The molecule has 0 aliphatic heterocycles. The Morgan fingerprint density at radius 1 is 1.17 bits per heavy atom. The Balaban J connectivity index is 1.83. The highest BCUT2D eigenvalue weighted by molar-refractivity contribution is 7.16. The smallest absolute Gasteiger partial charge is 0.307 e. The van der Waals surface area contributed by atoms with Gasteiger partial charge in [0.05, 0.1) is 17.4 Å². The molecule has 0 radical (unpaired) electrons. The van der Waals surface area contributed by atoms with Gasteiger partial charge < -0.3 is 10.4 Å². The van der Waals surface area contributed by atoms with E-state index in [2.05, 4.69) is 11.4 Å². The summed E-state index contributed by atoms with van der Waals surface area (Å²) in [6, 6.07) is 2.24. The van der Waals surface area contributed by atoms with Crippen LogP contribution in [-0.2, 0) is 22.4 Å². The summed E-state index contributed by atoms with van der Waals surface area (Å²) in [5, 5.41) is 22.3. The summed E-state index contributed by atoms with van der Waals surface area (Å²) in [5.74, 6) is -2.51. The molecule has 2 N–H and O–H groups in total. The van der Waals surface area contributed by atoms with Crippen molar-refractivity contribution in [3.8, 4) is 6.07 Å². The van der Waals surface area contributed by atoms with Crippen LogP contribution in [-0.4, -0.2) is 17.0 Å². The molecule has 0 bridgehead atoms. The number of thiophene rings is 1. The summed E-state index contributed by atoms with van der Waals surface area (Å²) in [5.41, 5.74) is 1.65. The van der Waals surface area contributed by atoms with Crippen LogP contribution in [0.1, 0.15) is 48.1 Å². The quantitative estimate of drug-likeness (QED) is 0.649. The molecule has 0 unspecified atom stereocenters. The molecule has 5 nitrogen and oxygen atoms in total. The minimum Gasteiger partial charge on any atom is -0.481 e. The number of nitrogens with zero attached hydrogens (tertiary/aromatic N) is 1. The lowest BCUT2D eigenvalue weighted by atomic mass is 9.82. The second kappa shape index (κ2) is 7.18. The van der Waals surface area contributed by atoms with E-state index in [-0.39, 0.29) is 5.91 Å². The highest BCUT2D eigenvalue weighted by Gasteiger charge is 2.34. The van der Waals surface area contributed by atoms with Gasteiger partial charge in [0, 0.05) is 4.88 Å². The molecule has 2 aliphatic rings. The van der Waals surface area contributed by atoms with Crippen molar-refractivity contribution in [2.24, 2.45) is 11.8 Å². The zero-order chi connectivity index (χ0) is 17.1. The van der Waals surface area contributed by atoms with Gasteiger partial charge in [-0.3, -0.25) is 9.59 Å². The maximum absolute atomic E-state index is 12.6. The molecule has 1 amide bonds. The predicted octanol–water partition coefficient (Wildman–Crippen LogP) is 3.49. The number of carbonyl (C=O) groups is 2. The number of nitrogens with one attached hydrogen (secondary N) is 1. The van der Waals surface area contributed by atoms with E-state index in [0.29, 0.717) is 23.4 Å². The third kappa shape index (κ3) is 3.22. The summed E-state index contributed by atoms with van der Waals surface area (Å²) >= 11 is 1.48. The minimum absolute atomic E-state index is 0.292. The third-order valence-corrected chi connectivity index (χ3v) is 6.06. The van der Waals surface area contributed by atoms with E-state index in [1.54, 1.807) is 0 Å². The zero-order valence-electron chi connectivity index (χ0n) is 13.4. The van der Waals surface area contributed by atoms with Gasteiger partial charge in [0.1, 0.15) is 11.1 Å². The Morgan fingerprint density at radius 2 is 1.88 bits per heavy atom. The van der Waals surface area contributed by atoms with Gasteiger partial charge >= 0.3 is 5.97 Å². The van der Waals surface area contributed by atoms with Gasteiger partial charge in [-0.25, -0.2) is 0 Å². The van der Waals surface area contributed by atoms with E-state index in [1.807, 2.05) is 12.2 Å². The fraction of sp³-hybridized carbons (Fsp3) is 0.500. The molecular formula is C18H20N2O3S. The van der Waals surface area contributed by atoms with Crippen molar-refractivity contribution in [1.29, 1.82) is 5.26 Å². The number of hydrogen-bond donors (Lipinski definition) is 2. The standard InChI is InChI=1S/C18H20N2O3S/c19-10-14-11-6-2-1-3-9-15(11)24-17(14)20-16(21)12-7-4-5-8-13(12)18(22)23/h4-5,12-13H,1-3,6-9H2,(H,20,21)(H,22,23)/t12-,13+/m1/s1. The van der Waals surface area contributed by atoms with Crippen LogP contribution in [0.15, 0.2) is 12.2 Å². The Morgan fingerprint density at radius 3 is 2.58 bits per heavy atom. The summed E-state index contributed by atoms with van der Waals surface area (Å²) < 4.78 is 0. The molecule has 1 heterocycles. The molecule has 2 atom stereocenters.